The fraction of sp³-hybridized carbons (Fsp3) is 0.692. The molecular formula is C13H23N5O. The first-order valence-corrected chi connectivity index (χ1v) is 6.84. The van der Waals surface area contributed by atoms with Gasteiger partial charge in [0.15, 0.2) is 0 Å². The molecule has 0 bridgehead atoms. The second-order valence-corrected chi connectivity index (χ2v) is 5.37. The number of piperidine rings is 1. The van der Waals surface area contributed by atoms with Crippen LogP contribution in [0.2, 0.25) is 0 Å². The van der Waals surface area contributed by atoms with Crippen molar-refractivity contribution < 1.29 is 5.11 Å². The van der Waals surface area contributed by atoms with Crippen LogP contribution in [0.4, 0.5) is 11.6 Å². The molecule has 0 unspecified atom stereocenters. The highest BCUT2D eigenvalue weighted by atomic mass is 16.3. The molecule has 0 saturated carbocycles. The van der Waals surface area contributed by atoms with Crippen molar-refractivity contribution in [3.63, 3.8) is 0 Å². The van der Waals surface area contributed by atoms with Crippen LogP contribution < -0.4 is 16.2 Å². The summed E-state index contributed by atoms with van der Waals surface area (Å²) in [7, 11) is 0. The number of aliphatic hydroxyl groups is 1. The van der Waals surface area contributed by atoms with Gasteiger partial charge in [-0.25, -0.2) is 15.8 Å². The van der Waals surface area contributed by atoms with Gasteiger partial charge in [-0.1, -0.05) is 13.8 Å². The number of hydrogen-bond donors (Lipinski definition) is 3. The third-order valence-electron chi connectivity index (χ3n) is 3.75. The third-order valence-corrected chi connectivity index (χ3v) is 3.75. The molecule has 1 fully saturated rings. The minimum atomic E-state index is 0.282. The summed E-state index contributed by atoms with van der Waals surface area (Å²) in [4.78, 5) is 10.9. The summed E-state index contributed by atoms with van der Waals surface area (Å²) in [5.74, 6) is 7.93. The summed E-state index contributed by atoms with van der Waals surface area (Å²) < 4.78 is 0. The number of nitrogen functional groups attached to an aromatic ring is 1. The number of nitrogens with zero attached hydrogens (tertiary/aromatic N) is 3. The lowest BCUT2D eigenvalue weighted by Gasteiger charge is -2.33. The van der Waals surface area contributed by atoms with Crippen molar-refractivity contribution in [2.45, 2.75) is 32.6 Å². The summed E-state index contributed by atoms with van der Waals surface area (Å²) in [6.45, 7) is 6.36. The van der Waals surface area contributed by atoms with Gasteiger partial charge in [-0.05, 0) is 24.7 Å². The molecule has 106 valence electrons. The summed E-state index contributed by atoms with van der Waals surface area (Å²) in [5.41, 5.74) is 3.72. The van der Waals surface area contributed by atoms with Crippen molar-refractivity contribution >= 4 is 11.6 Å². The van der Waals surface area contributed by atoms with Gasteiger partial charge >= 0.3 is 0 Å². The Morgan fingerprint density at radius 2 is 2.11 bits per heavy atom. The van der Waals surface area contributed by atoms with Crippen molar-refractivity contribution in [3.8, 4) is 0 Å². The zero-order valence-corrected chi connectivity index (χ0v) is 11.6. The zero-order valence-electron chi connectivity index (χ0n) is 11.6. The molecule has 1 aromatic heterocycles. The molecule has 6 heteroatoms. The van der Waals surface area contributed by atoms with Crippen LogP contribution in [0.3, 0.4) is 0 Å². The predicted octanol–water partition coefficient (Wildman–Crippen LogP) is 1.09. The number of aliphatic hydroxyl groups excluding tert-OH is 1. The van der Waals surface area contributed by atoms with Crippen LogP contribution in [0.5, 0.6) is 0 Å². The lowest BCUT2D eigenvalue weighted by Crippen LogP contribution is -2.36. The van der Waals surface area contributed by atoms with Crippen molar-refractivity contribution in [1.82, 2.24) is 9.97 Å². The second-order valence-electron chi connectivity index (χ2n) is 5.37. The Bertz CT molecular complexity index is 415. The van der Waals surface area contributed by atoms with E-state index in [0.29, 0.717) is 17.7 Å². The summed E-state index contributed by atoms with van der Waals surface area (Å²) in [6, 6.07) is 0. The molecule has 1 saturated heterocycles. The molecule has 0 amide bonds. The van der Waals surface area contributed by atoms with Gasteiger partial charge in [0.05, 0.1) is 0 Å². The van der Waals surface area contributed by atoms with Crippen molar-refractivity contribution in [2.24, 2.45) is 11.8 Å². The number of aromatic nitrogens is 2. The third kappa shape index (κ3) is 2.96. The second kappa shape index (κ2) is 6.16. The Hall–Kier alpha value is -1.40. The van der Waals surface area contributed by atoms with Crippen LogP contribution in [-0.2, 0) is 0 Å². The number of hydrazine groups is 1. The van der Waals surface area contributed by atoms with E-state index in [1.165, 1.54) is 0 Å². The molecule has 0 aliphatic carbocycles. The van der Waals surface area contributed by atoms with Gasteiger partial charge in [-0.15, -0.1) is 0 Å². The lowest BCUT2D eigenvalue weighted by molar-refractivity contribution is 0.202. The van der Waals surface area contributed by atoms with Crippen LogP contribution in [0.1, 0.15) is 38.2 Å². The standard InChI is InChI=1S/C13H23N5O/c1-9(2)11-12(17-14)15-8-16-13(11)18-5-3-10(7-19)4-6-18/h8-10,19H,3-7,14H2,1-2H3,(H,15,16,17). The van der Waals surface area contributed by atoms with Gasteiger partial charge in [0.2, 0.25) is 0 Å². The van der Waals surface area contributed by atoms with Crippen molar-refractivity contribution in [1.29, 1.82) is 0 Å². The maximum absolute atomic E-state index is 9.20. The van der Waals surface area contributed by atoms with Crippen molar-refractivity contribution in [2.75, 3.05) is 30.0 Å². The first kappa shape index (κ1) is 14.0. The van der Waals surface area contributed by atoms with E-state index in [1.807, 2.05) is 0 Å². The van der Waals surface area contributed by atoms with Crippen LogP contribution in [-0.4, -0.2) is 34.8 Å². The average Bonchev–Trinajstić information content (AvgIpc) is 2.46. The predicted molar refractivity (Wildman–Crippen MR) is 76.0 cm³/mol. The van der Waals surface area contributed by atoms with E-state index in [9.17, 15) is 5.11 Å². The normalized spacial score (nSPS) is 17.0. The first-order valence-electron chi connectivity index (χ1n) is 6.84. The van der Waals surface area contributed by atoms with Gasteiger partial charge in [0.1, 0.15) is 18.0 Å². The molecule has 1 aromatic rings. The number of nitrogens with one attached hydrogen (secondary N) is 1. The number of hydrogen-bond acceptors (Lipinski definition) is 6. The molecule has 6 nitrogen and oxygen atoms in total. The van der Waals surface area contributed by atoms with Crippen LogP contribution in [0.25, 0.3) is 0 Å². The molecule has 0 spiro atoms. The van der Waals surface area contributed by atoms with E-state index in [4.69, 9.17) is 5.84 Å². The molecular weight excluding hydrogens is 242 g/mol. The van der Waals surface area contributed by atoms with Crippen LogP contribution in [0.15, 0.2) is 6.33 Å². The quantitative estimate of drug-likeness (QED) is 0.558. The summed E-state index contributed by atoms with van der Waals surface area (Å²) >= 11 is 0. The SMILES string of the molecule is CC(C)c1c(NN)ncnc1N1CCC(CO)CC1. The highest BCUT2D eigenvalue weighted by Gasteiger charge is 2.24. The Morgan fingerprint density at radius 1 is 1.42 bits per heavy atom. The van der Waals surface area contributed by atoms with Gasteiger partial charge in [0, 0.05) is 25.3 Å². The van der Waals surface area contributed by atoms with Gasteiger partial charge in [-0.3, -0.25) is 0 Å². The fourth-order valence-corrected chi connectivity index (χ4v) is 2.61. The van der Waals surface area contributed by atoms with Crippen LogP contribution >= 0.6 is 0 Å². The van der Waals surface area contributed by atoms with E-state index in [0.717, 1.165) is 37.3 Å². The smallest absolute Gasteiger partial charge is 0.148 e. The fourth-order valence-electron chi connectivity index (χ4n) is 2.61. The minimum Gasteiger partial charge on any atom is -0.396 e. The van der Waals surface area contributed by atoms with E-state index < -0.39 is 0 Å². The van der Waals surface area contributed by atoms with E-state index in [1.54, 1.807) is 6.33 Å². The van der Waals surface area contributed by atoms with Gasteiger partial charge in [0.25, 0.3) is 0 Å². The minimum absolute atomic E-state index is 0.282. The molecule has 4 N–H and O–H groups in total. The molecule has 2 heterocycles. The Balaban J connectivity index is 2.25. The topological polar surface area (TPSA) is 87.3 Å². The molecule has 0 atom stereocenters. The maximum Gasteiger partial charge on any atom is 0.148 e. The highest BCUT2D eigenvalue weighted by Crippen LogP contribution is 2.32. The number of anilines is 2. The number of nitrogens with two attached hydrogens (primary N) is 1. The first-order chi connectivity index (χ1) is 9.17. The monoisotopic (exact) mass is 265 g/mol. The van der Waals surface area contributed by atoms with E-state index in [2.05, 4.69) is 34.1 Å². The largest absolute Gasteiger partial charge is 0.396 e. The molecule has 19 heavy (non-hydrogen) atoms. The number of rotatable bonds is 4. The molecule has 1 aliphatic heterocycles. The van der Waals surface area contributed by atoms with Crippen molar-refractivity contribution in [3.05, 3.63) is 11.9 Å². The van der Waals surface area contributed by atoms with E-state index in [-0.39, 0.29) is 6.61 Å². The van der Waals surface area contributed by atoms with Gasteiger partial charge < -0.3 is 15.4 Å². The Morgan fingerprint density at radius 3 is 2.63 bits per heavy atom. The van der Waals surface area contributed by atoms with Crippen LogP contribution in [0, 0.1) is 5.92 Å². The molecule has 2 rings (SSSR count). The summed E-state index contributed by atoms with van der Waals surface area (Å²) in [6.07, 6.45) is 3.56. The lowest BCUT2D eigenvalue weighted by atomic mass is 9.96. The zero-order chi connectivity index (χ0) is 13.8. The van der Waals surface area contributed by atoms with E-state index >= 15 is 0 Å². The Kier molecular flexibility index (Phi) is 4.55. The highest BCUT2D eigenvalue weighted by molar-refractivity contribution is 5.60. The summed E-state index contributed by atoms with van der Waals surface area (Å²) in [5, 5.41) is 9.20. The average molecular weight is 265 g/mol. The maximum atomic E-state index is 9.20. The Labute approximate surface area is 114 Å². The molecule has 0 aromatic carbocycles. The molecule has 0 radical (unpaired) electrons. The molecule has 1 aliphatic rings. The van der Waals surface area contributed by atoms with Gasteiger partial charge in [-0.2, -0.15) is 0 Å².